The second kappa shape index (κ2) is 27.6. The van der Waals surface area contributed by atoms with Crippen molar-refractivity contribution in [3.63, 3.8) is 0 Å². The van der Waals surface area contributed by atoms with E-state index in [1.54, 1.807) is 0 Å². The van der Waals surface area contributed by atoms with Crippen molar-refractivity contribution in [3.05, 3.63) is 330 Å². The van der Waals surface area contributed by atoms with Crippen LogP contribution in [0.25, 0.3) is 142 Å². The number of rotatable bonds is 4. The van der Waals surface area contributed by atoms with Crippen LogP contribution in [0.5, 0.6) is 0 Å². The summed E-state index contributed by atoms with van der Waals surface area (Å²) in [5.41, 5.74) is 39.3. The maximum absolute atomic E-state index is 2.80. The SMILES string of the molecule is CC(C)(C)c1cc(-c2ccccc2)c2c(c1)-c1cccc(c1)-c1ccc3sc4ccc(cc4c3c1)-c1cccc(c1)-c1cc(C(C)(C)C)cc(-c3ccccc3)c1N1c3cc(-n4c5ccc(C(C)(C)C)cc5c5cc(C(C)(C)C)ccc54)ccc3B3c4ccc(-n5c6ccc(C(C)(C)C)cc6c6cc(C(C)(C)C)ccc65)cc4N2c2cc(C(C)(C)C)cc1c23. The van der Waals surface area contributed by atoms with Crippen LogP contribution in [0.3, 0.4) is 0 Å². The zero-order chi connectivity index (χ0) is 86.3. The van der Waals surface area contributed by atoms with E-state index < -0.39 is 0 Å². The quantitative estimate of drug-likeness (QED) is 0.163. The minimum absolute atomic E-state index is 0.0800. The molecular formula is C118H111BN4S. The highest BCUT2D eigenvalue weighted by Gasteiger charge is 2.47. The molecule has 0 radical (unpaired) electrons. The average Bonchev–Trinajstić information content (AvgIpc) is 0.738. The number of anilines is 6. The van der Waals surface area contributed by atoms with Gasteiger partial charge in [0.2, 0.25) is 0 Å². The third-order valence-corrected chi connectivity index (χ3v) is 28.6. The minimum Gasteiger partial charge on any atom is -0.310 e. The lowest BCUT2D eigenvalue weighted by molar-refractivity contribution is 0.590. The molecule has 0 N–H and O–H groups in total. The third kappa shape index (κ3) is 12.9. The zero-order valence-corrected chi connectivity index (χ0v) is 76.8. The molecule has 6 heteroatoms. The Hall–Kier alpha value is -12.2. The number of hydrogen-bond donors (Lipinski definition) is 0. The first kappa shape index (κ1) is 79.0. The lowest BCUT2D eigenvalue weighted by atomic mass is 9.33. The van der Waals surface area contributed by atoms with E-state index in [1.165, 1.54) is 152 Å². The van der Waals surface area contributed by atoms with Crippen LogP contribution in [0.15, 0.2) is 291 Å². The summed E-state index contributed by atoms with van der Waals surface area (Å²) in [5, 5.41) is 7.58. The standard InChI is InChI=1S/C118H111BN4S/c1-112(2,3)78-40-48-99-91(58-78)92-59-79(113(4,5)6)41-49-100(92)120(99)85-44-46-97-103(68-85)122-105-66-84(118(19,20)21)67-106-109(105)119(97)98-47-45-86(121-101-50-42-80(114(7,8)9)60-93(101)94-61-81(115(10,11)12)43-51-102(94)121)69-104(98)123(106)111-88(71-32-26-23-27-33-71)63-83(117(16,17)18)65-90(111)77-37-29-35-73(55-77)75-39-53-108-96(57-75)95-56-74(38-52-107(95)124-108)72-34-28-36-76(54-72)89-64-82(116(13,14)15)62-87(110(89)122)70-30-24-22-25-31-70/h22-69H,1-21H3. The molecule has 3 aliphatic rings. The van der Waals surface area contributed by atoms with Gasteiger partial charge in [-0.1, -0.05) is 291 Å². The van der Waals surface area contributed by atoms with Crippen molar-refractivity contribution in [2.75, 3.05) is 9.80 Å². The maximum Gasteiger partial charge on any atom is 0.252 e. The minimum atomic E-state index is -0.384. The fourth-order valence-electron chi connectivity index (χ4n) is 20.2. The normalized spacial score (nSPS) is 13.6. The van der Waals surface area contributed by atoms with E-state index in [4.69, 9.17) is 0 Å². The predicted octanol–water partition coefficient (Wildman–Crippen LogP) is 31.7. The molecule has 0 atom stereocenters. The Morgan fingerprint density at radius 1 is 0.218 bits per heavy atom. The van der Waals surface area contributed by atoms with Crippen LogP contribution >= 0.6 is 11.3 Å². The summed E-state index contributed by atoms with van der Waals surface area (Å²) in [6.45, 7) is 49.5. The van der Waals surface area contributed by atoms with Crippen LogP contribution in [0.4, 0.5) is 34.1 Å². The van der Waals surface area contributed by atoms with E-state index in [9.17, 15) is 0 Å². The summed E-state index contributed by atoms with van der Waals surface area (Å²) in [5.74, 6) is 0. The van der Waals surface area contributed by atoms with Gasteiger partial charge in [-0.15, -0.1) is 11.3 Å². The molecule has 0 unspecified atom stereocenters. The first-order valence-electron chi connectivity index (χ1n) is 44.8. The third-order valence-electron chi connectivity index (χ3n) is 27.5. The second-order valence-corrected chi connectivity index (χ2v) is 44.2. The number of fused-ring (bicyclic) bond motifs is 26. The molecule has 6 heterocycles. The van der Waals surface area contributed by atoms with Crippen molar-refractivity contribution in [2.24, 2.45) is 0 Å². The molecule has 3 aliphatic heterocycles. The van der Waals surface area contributed by atoms with Crippen LogP contribution in [-0.4, -0.2) is 15.8 Å². The van der Waals surface area contributed by atoms with Crippen LogP contribution < -0.4 is 26.2 Å². The van der Waals surface area contributed by atoms with E-state index in [2.05, 4.69) is 456 Å². The van der Waals surface area contributed by atoms with Crippen molar-refractivity contribution in [3.8, 4) is 78.1 Å². The summed E-state index contributed by atoms with van der Waals surface area (Å²) >= 11 is 1.89. The van der Waals surface area contributed by atoms with Gasteiger partial charge < -0.3 is 18.9 Å². The Morgan fingerprint density at radius 2 is 0.516 bits per heavy atom. The molecular weight excluding hydrogens is 1520 g/mol. The van der Waals surface area contributed by atoms with E-state index in [-0.39, 0.29) is 44.6 Å². The molecule has 0 spiro atoms. The monoisotopic (exact) mass is 1630 g/mol. The molecule has 0 saturated carbocycles. The second-order valence-electron chi connectivity index (χ2n) is 43.1. The van der Waals surface area contributed by atoms with Gasteiger partial charge in [-0.2, -0.15) is 0 Å². The fraction of sp³-hybridized carbons (Fsp3) is 0.237. The number of hydrogen-bond acceptors (Lipinski definition) is 3. The highest BCUT2D eigenvalue weighted by molar-refractivity contribution is 7.25. The van der Waals surface area contributed by atoms with Crippen LogP contribution in [-0.2, 0) is 37.9 Å². The van der Waals surface area contributed by atoms with Crippen molar-refractivity contribution in [1.29, 1.82) is 0 Å². The fourth-order valence-corrected chi connectivity index (χ4v) is 21.3. The van der Waals surface area contributed by atoms with Gasteiger partial charge in [-0.05, 0) is 283 Å². The number of nitrogens with zero attached hydrogens (tertiary/aromatic N) is 4. The molecule has 612 valence electrons. The van der Waals surface area contributed by atoms with Crippen LogP contribution in [0.2, 0.25) is 0 Å². The first-order chi connectivity index (χ1) is 58.9. The van der Waals surface area contributed by atoms with Gasteiger partial charge in [-0.3, -0.25) is 0 Å². The van der Waals surface area contributed by atoms with Gasteiger partial charge in [0.1, 0.15) is 0 Å². The van der Waals surface area contributed by atoms with Crippen LogP contribution in [0.1, 0.15) is 184 Å². The number of thiophene rings is 1. The average molecular weight is 1630 g/mol. The van der Waals surface area contributed by atoms with Gasteiger partial charge in [0.15, 0.2) is 0 Å². The molecule has 13 bridgehead atoms. The molecule has 4 nitrogen and oxygen atoms in total. The van der Waals surface area contributed by atoms with E-state index in [1.807, 2.05) is 11.3 Å². The van der Waals surface area contributed by atoms with E-state index in [0.717, 1.165) is 78.9 Å². The van der Waals surface area contributed by atoms with Crippen molar-refractivity contribution < 1.29 is 0 Å². The topological polar surface area (TPSA) is 16.3 Å². The van der Waals surface area contributed by atoms with Crippen molar-refractivity contribution in [1.82, 2.24) is 9.13 Å². The maximum atomic E-state index is 2.80. The molecule has 15 aromatic carbocycles. The predicted molar refractivity (Wildman–Crippen MR) is 539 cm³/mol. The number of aromatic nitrogens is 2. The highest BCUT2D eigenvalue weighted by atomic mass is 32.1. The molecule has 3 aromatic heterocycles. The molecule has 0 aliphatic carbocycles. The highest BCUT2D eigenvalue weighted by Crippen LogP contribution is 2.57. The van der Waals surface area contributed by atoms with E-state index >= 15 is 0 Å². The lowest BCUT2D eigenvalue weighted by Crippen LogP contribution is -2.61. The van der Waals surface area contributed by atoms with Crippen LogP contribution in [0, 0.1) is 0 Å². The molecule has 0 amide bonds. The summed E-state index contributed by atoms with van der Waals surface area (Å²) in [6.07, 6.45) is 0. The molecule has 18 aromatic rings. The molecule has 21 rings (SSSR count). The Balaban J connectivity index is 0.975. The zero-order valence-electron chi connectivity index (χ0n) is 76.0. The van der Waals surface area contributed by atoms with Crippen molar-refractivity contribution >= 4 is 132 Å². The summed E-state index contributed by atoms with van der Waals surface area (Å²) in [7, 11) is 0. The van der Waals surface area contributed by atoms with E-state index in [0.29, 0.717) is 0 Å². The summed E-state index contributed by atoms with van der Waals surface area (Å²) in [4.78, 5) is 5.59. The van der Waals surface area contributed by atoms with Gasteiger partial charge in [0.25, 0.3) is 6.71 Å². The van der Waals surface area contributed by atoms with Gasteiger partial charge in [0, 0.05) is 98.1 Å². The van der Waals surface area contributed by atoms with Crippen molar-refractivity contribution in [2.45, 2.75) is 183 Å². The van der Waals surface area contributed by atoms with Gasteiger partial charge >= 0.3 is 0 Å². The molecule has 0 saturated heterocycles. The Kier molecular flexibility index (Phi) is 17.6. The Labute approximate surface area is 737 Å². The first-order valence-corrected chi connectivity index (χ1v) is 45.6. The Morgan fingerprint density at radius 3 is 0.847 bits per heavy atom. The smallest absolute Gasteiger partial charge is 0.252 e. The van der Waals surface area contributed by atoms with Gasteiger partial charge in [-0.25, -0.2) is 0 Å². The molecule has 124 heavy (non-hydrogen) atoms. The summed E-state index contributed by atoms with van der Waals surface area (Å²) in [6, 6.07) is 116. The summed E-state index contributed by atoms with van der Waals surface area (Å²) < 4.78 is 7.74. The number of benzene rings is 15. The van der Waals surface area contributed by atoms with Gasteiger partial charge in [0.05, 0.1) is 33.4 Å². The lowest BCUT2D eigenvalue weighted by Gasteiger charge is -2.47. The Bertz CT molecular complexity index is 6940. The molecule has 0 fully saturated rings. The largest absolute Gasteiger partial charge is 0.310 e.